The van der Waals surface area contributed by atoms with Crippen molar-refractivity contribution in [2.24, 2.45) is 11.8 Å². The first-order valence-corrected chi connectivity index (χ1v) is 11.3. The summed E-state index contributed by atoms with van der Waals surface area (Å²) in [5.41, 5.74) is 0. The lowest BCUT2D eigenvalue weighted by atomic mass is 10.0. The number of anilines is 3. The minimum Gasteiger partial charge on any atom is -0.362 e. The summed E-state index contributed by atoms with van der Waals surface area (Å²) in [6, 6.07) is 2.69. The number of nitrogens with one attached hydrogen (secondary N) is 2. The molecule has 2 aliphatic heterocycles. The van der Waals surface area contributed by atoms with Crippen LogP contribution in [0.4, 0.5) is 17.6 Å². The van der Waals surface area contributed by atoms with Crippen molar-refractivity contribution in [3.8, 4) is 0 Å². The highest BCUT2D eigenvalue weighted by Crippen LogP contribution is 2.29. The van der Waals surface area contributed by atoms with Crippen molar-refractivity contribution in [1.82, 2.24) is 15.3 Å². The molecule has 0 spiro atoms. The van der Waals surface area contributed by atoms with Gasteiger partial charge in [-0.2, -0.15) is 9.97 Å². The van der Waals surface area contributed by atoms with Crippen molar-refractivity contribution in [3.05, 3.63) is 6.07 Å². The average Bonchev–Trinajstić information content (AvgIpc) is 2.66. The lowest BCUT2D eigenvalue weighted by Crippen LogP contribution is -2.39. The van der Waals surface area contributed by atoms with Gasteiger partial charge in [0.2, 0.25) is 5.95 Å². The zero-order valence-corrected chi connectivity index (χ0v) is 18.7. The predicted molar refractivity (Wildman–Crippen MR) is 122 cm³/mol. The molecule has 0 bridgehead atoms. The van der Waals surface area contributed by atoms with Crippen LogP contribution in [0, 0.1) is 11.8 Å². The summed E-state index contributed by atoms with van der Waals surface area (Å²) >= 11 is 5.47. The number of aromatic nitrogens is 2. The summed E-state index contributed by atoms with van der Waals surface area (Å²) in [7, 11) is 0. The van der Waals surface area contributed by atoms with Crippen LogP contribution in [0.3, 0.4) is 0 Å². The van der Waals surface area contributed by atoms with Crippen molar-refractivity contribution in [1.29, 1.82) is 0 Å². The molecule has 28 heavy (non-hydrogen) atoms. The Balaban J connectivity index is 1.84. The van der Waals surface area contributed by atoms with Crippen LogP contribution in [0.1, 0.15) is 59.8 Å². The van der Waals surface area contributed by atoms with Gasteiger partial charge in [0.05, 0.1) is 0 Å². The van der Waals surface area contributed by atoms with Crippen LogP contribution in [0.15, 0.2) is 6.07 Å². The number of piperidine rings is 2. The van der Waals surface area contributed by atoms with E-state index in [2.05, 4.69) is 54.2 Å². The normalized spacial score (nSPS) is 23.0. The fourth-order valence-electron chi connectivity index (χ4n) is 4.07. The molecule has 2 fully saturated rings. The van der Waals surface area contributed by atoms with Gasteiger partial charge in [-0.1, -0.05) is 20.8 Å². The third-order valence-electron chi connectivity index (χ3n) is 5.67. The number of hydrogen-bond acceptors (Lipinski definition) is 5. The van der Waals surface area contributed by atoms with Crippen LogP contribution >= 0.6 is 12.2 Å². The van der Waals surface area contributed by atoms with E-state index in [1.165, 1.54) is 32.1 Å². The molecule has 2 aliphatic rings. The fraction of sp³-hybridized carbons (Fsp3) is 0.762. The maximum atomic E-state index is 5.47. The SMILES string of the molecule is CC(C)CNC(=S)Nc1nc(N2CCC[C@@H](C)C2)cc(N2CCCC[C@@H]2C)n1. The molecule has 2 N–H and O–H groups in total. The summed E-state index contributed by atoms with van der Waals surface area (Å²) in [6.07, 6.45) is 6.26. The van der Waals surface area contributed by atoms with Crippen LogP contribution in [-0.4, -0.2) is 47.3 Å². The summed E-state index contributed by atoms with van der Waals surface area (Å²) in [6.45, 7) is 13.0. The maximum Gasteiger partial charge on any atom is 0.232 e. The molecule has 6 nitrogen and oxygen atoms in total. The van der Waals surface area contributed by atoms with E-state index in [9.17, 15) is 0 Å². The standard InChI is InChI=1S/C21H36N6S/c1-15(2)13-22-21(28)25-20-23-18(26-10-7-8-16(3)14-26)12-19(24-20)27-11-6-5-9-17(27)4/h12,15-17H,5-11,13-14H2,1-4H3,(H2,22,23,24,25,28)/t16-,17+/m1/s1. The number of hydrogen-bond donors (Lipinski definition) is 2. The fourth-order valence-corrected chi connectivity index (χ4v) is 4.24. The second kappa shape index (κ2) is 9.72. The Hall–Kier alpha value is -1.63. The Labute approximate surface area is 175 Å². The van der Waals surface area contributed by atoms with Gasteiger partial charge in [0.15, 0.2) is 5.11 Å². The van der Waals surface area contributed by atoms with Gasteiger partial charge in [-0.15, -0.1) is 0 Å². The molecule has 7 heteroatoms. The van der Waals surface area contributed by atoms with Crippen molar-refractivity contribution in [3.63, 3.8) is 0 Å². The predicted octanol–water partition coefficient (Wildman–Crippen LogP) is 4.03. The molecule has 0 unspecified atom stereocenters. The van der Waals surface area contributed by atoms with Gasteiger partial charge in [-0.25, -0.2) is 0 Å². The van der Waals surface area contributed by atoms with Crippen molar-refractivity contribution in [2.45, 2.75) is 65.8 Å². The molecule has 0 aliphatic carbocycles. The Morgan fingerprint density at radius 3 is 2.64 bits per heavy atom. The van der Waals surface area contributed by atoms with Crippen molar-refractivity contribution >= 4 is 34.9 Å². The lowest BCUT2D eigenvalue weighted by Gasteiger charge is -2.36. The van der Waals surface area contributed by atoms with Crippen LogP contribution in [-0.2, 0) is 0 Å². The minimum atomic E-state index is 0.510. The topological polar surface area (TPSA) is 56.3 Å². The molecule has 2 atom stereocenters. The Bertz CT molecular complexity index is 664. The van der Waals surface area contributed by atoms with E-state index in [-0.39, 0.29) is 0 Å². The largest absolute Gasteiger partial charge is 0.362 e. The molecule has 1 aromatic rings. The maximum absolute atomic E-state index is 5.47. The third kappa shape index (κ3) is 5.69. The van der Waals surface area contributed by atoms with Gasteiger partial charge in [-0.05, 0) is 63.1 Å². The smallest absolute Gasteiger partial charge is 0.232 e. The molecule has 156 valence electrons. The molecular formula is C21H36N6S. The zero-order valence-electron chi connectivity index (χ0n) is 17.9. The highest BCUT2D eigenvalue weighted by molar-refractivity contribution is 7.80. The molecule has 1 aromatic heterocycles. The molecular weight excluding hydrogens is 368 g/mol. The zero-order chi connectivity index (χ0) is 20.1. The molecule has 3 heterocycles. The van der Waals surface area contributed by atoms with E-state index < -0.39 is 0 Å². The van der Waals surface area contributed by atoms with Crippen LogP contribution in [0.2, 0.25) is 0 Å². The first-order chi connectivity index (χ1) is 13.4. The Kier molecular flexibility index (Phi) is 7.32. The minimum absolute atomic E-state index is 0.510. The van der Waals surface area contributed by atoms with Crippen LogP contribution in [0.25, 0.3) is 0 Å². The van der Waals surface area contributed by atoms with E-state index in [1.54, 1.807) is 0 Å². The van der Waals surface area contributed by atoms with Gasteiger partial charge >= 0.3 is 0 Å². The van der Waals surface area contributed by atoms with E-state index >= 15 is 0 Å². The highest BCUT2D eigenvalue weighted by Gasteiger charge is 2.24. The quantitative estimate of drug-likeness (QED) is 0.719. The molecule has 2 saturated heterocycles. The van der Waals surface area contributed by atoms with Gasteiger partial charge in [0, 0.05) is 38.3 Å². The average molecular weight is 405 g/mol. The third-order valence-corrected chi connectivity index (χ3v) is 5.92. The van der Waals surface area contributed by atoms with Gasteiger partial charge in [0.25, 0.3) is 0 Å². The van der Waals surface area contributed by atoms with Gasteiger partial charge in [0.1, 0.15) is 11.6 Å². The van der Waals surface area contributed by atoms with E-state index in [4.69, 9.17) is 22.2 Å². The lowest BCUT2D eigenvalue weighted by molar-refractivity contribution is 0.444. The first kappa shape index (κ1) is 21.1. The van der Waals surface area contributed by atoms with Crippen LogP contribution in [0.5, 0.6) is 0 Å². The molecule has 0 radical (unpaired) electrons. The van der Waals surface area contributed by atoms with E-state index in [0.717, 1.165) is 37.8 Å². The number of thiocarbonyl (C=S) groups is 1. The second-order valence-electron chi connectivity index (χ2n) is 8.87. The molecule has 0 amide bonds. The van der Waals surface area contributed by atoms with E-state index in [1.807, 2.05) is 0 Å². The summed E-state index contributed by atoms with van der Waals surface area (Å²) < 4.78 is 0. The van der Waals surface area contributed by atoms with Crippen molar-refractivity contribution in [2.75, 3.05) is 41.3 Å². The highest BCUT2D eigenvalue weighted by atomic mass is 32.1. The van der Waals surface area contributed by atoms with Gasteiger partial charge < -0.3 is 20.4 Å². The molecule has 3 rings (SSSR count). The summed E-state index contributed by atoms with van der Waals surface area (Å²) in [5.74, 6) is 3.87. The molecule has 0 saturated carbocycles. The van der Waals surface area contributed by atoms with Crippen molar-refractivity contribution < 1.29 is 0 Å². The first-order valence-electron chi connectivity index (χ1n) is 10.9. The monoisotopic (exact) mass is 404 g/mol. The Morgan fingerprint density at radius 1 is 1.14 bits per heavy atom. The molecule has 0 aromatic carbocycles. The number of nitrogens with zero attached hydrogens (tertiary/aromatic N) is 4. The second-order valence-corrected chi connectivity index (χ2v) is 9.28. The summed E-state index contributed by atoms with van der Waals surface area (Å²) in [5, 5.41) is 7.08. The van der Waals surface area contributed by atoms with Gasteiger partial charge in [-0.3, -0.25) is 0 Å². The Morgan fingerprint density at radius 2 is 1.93 bits per heavy atom. The number of rotatable bonds is 5. The van der Waals surface area contributed by atoms with Crippen LogP contribution < -0.4 is 20.4 Å². The summed E-state index contributed by atoms with van der Waals surface area (Å²) in [4.78, 5) is 14.5. The van der Waals surface area contributed by atoms with E-state index in [0.29, 0.717) is 28.9 Å².